The number of H-pyrrole nitrogens is 1. The second-order valence-electron chi connectivity index (χ2n) is 6.28. The molecule has 2 heterocycles. The van der Waals surface area contributed by atoms with Crippen LogP contribution in [0.1, 0.15) is 5.56 Å². The lowest BCUT2D eigenvalue weighted by Crippen LogP contribution is -2.00. The van der Waals surface area contributed by atoms with E-state index in [4.69, 9.17) is 4.74 Å². The molecule has 0 aliphatic rings. The van der Waals surface area contributed by atoms with Crippen LogP contribution in [0.2, 0.25) is 0 Å². The topological polar surface area (TPSA) is 88.1 Å². The van der Waals surface area contributed by atoms with Crippen molar-refractivity contribution >= 4 is 45.0 Å². The maximum Gasteiger partial charge on any atom is 0.265 e. The number of ether oxygens (including phenoxy) is 1. The number of fused-ring (bicyclic) bond motifs is 4. The van der Waals surface area contributed by atoms with E-state index in [1.807, 2.05) is 54.6 Å². The molecule has 3 aromatic carbocycles. The summed E-state index contributed by atoms with van der Waals surface area (Å²) in [4.78, 5) is 7.71. The van der Waals surface area contributed by atoms with E-state index >= 15 is 0 Å². The molecule has 0 fully saturated rings. The van der Waals surface area contributed by atoms with E-state index in [0.717, 1.165) is 38.5 Å². The van der Waals surface area contributed by atoms with Crippen LogP contribution in [0.5, 0.6) is 5.75 Å². The Labute approximate surface area is 160 Å². The van der Waals surface area contributed by atoms with Crippen molar-refractivity contribution in [3.8, 4) is 5.75 Å². The molecule has 2 N–H and O–H groups in total. The average Bonchev–Trinajstić information content (AvgIpc) is 3.11. The quantitative estimate of drug-likeness (QED) is 0.368. The van der Waals surface area contributed by atoms with Crippen LogP contribution in [0.4, 0.5) is 5.95 Å². The number of rotatable bonds is 4. The van der Waals surface area contributed by atoms with Gasteiger partial charge in [-0.1, -0.05) is 48.5 Å². The number of aromatic nitrogens is 4. The molecule has 0 aliphatic carbocycles. The van der Waals surface area contributed by atoms with Crippen LogP contribution in [-0.2, 0) is 0 Å². The third-order valence-electron chi connectivity index (χ3n) is 4.63. The molecule has 0 spiro atoms. The Morgan fingerprint density at radius 3 is 2.68 bits per heavy atom. The van der Waals surface area contributed by atoms with Crippen LogP contribution in [0.25, 0.3) is 32.8 Å². The highest BCUT2D eigenvalue weighted by atomic mass is 16.5. The van der Waals surface area contributed by atoms with Gasteiger partial charge in [-0.25, -0.2) is 5.43 Å². The third kappa shape index (κ3) is 2.69. The van der Waals surface area contributed by atoms with Gasteiger partial charge in [0.1, 0.15) is 11.3 Å². The highest BCUT2D eigenvalue weighted by Gasteiger charge is 2.09. The van der Waals surface area contributed by atoms with Gasteiger partial charge in [0.2, 0.25) is 0 Å². The molecule has 7 nitrogen and oxygen atoms in total. The van der Waals surface area contributed by atoms with Crippen molar-refractivity contribution in [2.45, 2.75) is 0 Å². The summed E-state index contributed by atoms with van der Waals surface area (Å²) in [5.74, 6) is 1.06. The number of nitrogens with zero attached hydrogens (tertiary/aromatic N) is 4. The summed E-state index contributed by atoms with van der Waals surface area (Å²) >= 11 is 0. The lowest BCUT2D eigenvalue weighted by molar-refractivity contribution is 0.415. The van der Waals surface area contributed by atoms with E-state index in [2.05, 4.69) is 36.8 Å². The number of benzene rings is 3. The summed E-state index contributed by atoms with van der Waals surface area (Å²) in [7, 11) is 1.64. The fourth-order valence-electron chi connectivity index (χ4n) is 3.31. The predicted molar refractivity (Wildman–Crippen MR) is 111 cm³/mol. The van der Waals surface area contributed by atoms with Gasteiger partial charge in [-0.2, -0.15) is 10.1 Å². The van der Waals surface area contributed by atoms with Crippen LogP contribution < -0.4 is 10.2 Å². The van der Waals surface area contributed by atoms with Gasteiger partial charge >= 0.3 is 0 Å². The molecule has 0 unspecified atom stereocenters. The molecule has 0 bridgehead atoms. The molecule has 0 radical (unpaired) electrons. The van der Waals surface area contributed by atoms with Gasteiger partial charge in [0.25, 0.3) is 5.95 Å². The molecular formula is C21H16N6O. The molecular weight excluding hydrogens is 352 g/mol. The number of hydrogen-bond donors (Lipinski definition) is 2. The molecule has 0 aliphatic heterocycles. The van der Waals surface area contributed by atoms with Gasteiger partial charge in [0.05, 0.1) is 13.3 Å². The summed E-state index contributed by atoms with van der Waals surface area (Å²) in [5.41, 5.74) is 6.11. The molecule has 5 rings (SSSR count). The average molecular weight is 368 g/mol. The predicted octanol–water partition coefficient (Wildman–Crippen LogP) is 4.11. The first kappa shape index (κ1) is 16.2. The number of hydrazone groups is 1. The fourth-order valence-corrected chi connectivity index (χ4v) is 3.31. The monoisotopic (exact) mass is 368 g/mol. The molecule has 28 heavy (non-hydrogen) atoms. The van der Waals surface area contributed by atoms with Gasteiger partial charge in [-0.05, 0) is 22.9 Å². The van der Waals surface area contributed by atoms with Gasteiger partial charge in [0.15, 0.2) is 5.65 Å². The Bertz CT molecular complexity index is 1340. The highest BCUT2D eigenvalue weighted by molar-refractivity contribution is 6.04. The van der Waals surface area contributed by atoms with Crippen molar-refractivity contribution in [1.29, 1.82) is 0 Å². The minimum Gasteiger partial charge on any atom is -0.496 e. The molecule has 2 aromatic heterocycles. The smallest absolute Gasteiger partial charge is 0.265 e. The summed E-state index contributed by atoms with van der Waals surface area (Å²) < 4.78 is 5.48. The first-order chi connectivity index (χ1) is 13.8. The highest BCUT2D eigenvalue weighted by Crippen LogP contribution is 2.26. The second kappa shape index (κ2) is 6.62. The van der Waals surface area contributed by atoms with Gasteiger partial charge in [0, 0.05) is 16.5 Å². The van der Waals surface area contributed by atoms with Crippen molar-refractivity contribution in [2.75, 3.05) is 12.5 Å². The summed E-state index contributed by atoms with van der Waals surface area (Å²) in [6.07, 6.45) is 1.71. The van der Waals surface area contributed by atoms with E-state index in [1.165, 1.54) is 0 Å². The van der Waals surface area contributed by atoms with Crippen molar-refractivity contribution in [1.82, 2.24) is 20.2 Å². The zero-order valence-corrected chi connectivity index (χ0v) is 15.0. The van der Waals surface area contributed by atoms with E-state index in [0.29, 0.717) is 11.6 Å². The van der Waals surface area contributed by atoms with E-state index in [1.54, 1.807) is 13.3 Å². The maximum atomic E-state index is 5.48. The van der Waals surface area contributed by atoms with Crippen molar-refractivity contribution in [3.63, 3.8) is 0 Å². The van der Waals surface area contributed by atoms with Crippen molar-refractivity contribution in [2.24, 2.45) is 5.10 Å². The van der Waals surface area contributed by atoms with Crippen LogP contribution >= 0.6 is 0 Å². The Hall–Kier alpha value is -4.00. The molecule has 7 heteroatoms. The Balaban J connectivity index is 1.48. The van der Waals surface area contributed by atoms with Crippen molar-refractivity contribution < 1.29 is 4.74 Å². The van der Waals surface area contributed by atoms with Gasteiger partial charge in [-0.15, -0.1) is 10.2 Å². The van der Waals surface area contributed by atoms with Crippen LogP contribution in [0.15, 0.2) is 65.8 Å². The molecule has 0 atom stereocenters. The Morgan fingerprint density at radius 2 is 1.79 bits per heavy atom. The van der Waals surface area contributed by atoms with Crippen LogP contribution in [0, 0.1) is 0 Å². The normalized spacial score (nSPS) is 11.6. The van der Waals surface area contributed by atoms with E-state index < -0.39 is 0 Å². The van der Waals surface area contributed by atoms with E-state index in [9.17, 15) is 0 Å². The fraction of sp³-hybridized carbons (Fsp3) is 0.0476. The largest absolute Gasteiger partial charge is 0.496 e. The Kier molecular flexibility index (Phi) is 3.83. The molecule has 136 valence electrons. The number of aromatic amines is 1. The zero-order valence-electron chi connectivity index (χ0n) is 15.0. The molecule has 0 amide bonds. The van der Waals surface area contributed by atoms with Crippen LogP contribution in [-0.4, -0.2) is 33.5 Å². The summed E-state index contributed by atoms with van der Waals surface area (Å²) in [6.45, 7) is 0. The van der Waals surface area contributed by atoms with Gasteiger partial charge in [-0.3, -0.25) is 0 Å². The maximum absolute atomic E-state index is 5.48. The van der Waals surface area contributed by atoms with Crippen molar-refractivity contribution in [3.05, 3.63) is 66.2 Å². The second-order valence-corrected chi connectivity index (χ2v) is 6.28. The molecule has 0 saturated carbocycles. The van der Waals surface area contributed by atoms with Crippen LogP contribution in [0.3, 0.4) is 0 Å². The number of para-hydroxylation sites is 1. The van der Waals surface area contributed by atoms with E-state index in [-0.39, 0.29) is 0 Å². The lowest BCUT2D eigenvalue weighted by atomic mass is 10.0. The number of nitrogens with one attached hydrogen (secondary N) is 2. The molecule has 5 aromatic rings. The SMILES string of the molecule is COc1ccc2ccccc2c1/C=N\Nc1nnc2c(n1)[nH]c1ccccc12. The van der Waals surface area contributed by atoms with Gasteiger partial charge < -0.3 is 9.72 Å². The first-order valence-corrected chi connectivity index (χ1v) is 8.79. The number of hydrogen-bond acceptors (Lipinski definition) is 6. The first-order valence-electron chi connectivity index (χ1n) is 8.79. The number of methoxy groups -OCH3 is 1. The standard InChI is InChI=1S/C21H16N6O/c1-28-18-11-10-13-6-2-3-7-14(13)16(18)12-22-26-21-24-20-19(25-27-21)15-8-4-5-9-17(15)23-20/h2-12H,1H3,(H2,23,24,26,27)/b22-12-. The summed E-state index contributed by atoms with van der Waals surface area (Å²) in [6, 6.07) is 19.9. The summed E-state index contributed by atoms with van der Waals surface area (Å²) in [5, 5.41) is 15.9. The Morgan fingerprint density at radius 1 is 0.964 bits per heavy atom. The molecule has 0 saturated heterocycles. The number of anilines is 1. The lowest BCUT2D eigenvalue weighted by Gasteiger charge is -2.08. The third-order valence-corrected chi connectivity index (χ3v) is 4.63. The minimum atomic E-state index is 0.314. The minimum absolute atomic E-state index is 0.314. The zero-order chi connectivity index (χ0) is 18.9.